The Morgan fingerprint density at radius 2 is 1.83 bits per heavy atom. The van der Waals surface area contributed by atoms with Gasteiger partial charge < -0.3 is 5.11 Å². The van der Waals surface area contributed by atoms with E-state index in [1.54, 1.807) is 6.92 Å². The summed E-state index contributed by atoms with van der Waals surface area (Å²) >= 11 is 17.8. The molecule has 1 aromatic carbocycles. The van der Waals surface area contributed by atoms with Crippen molar-refractivity contribution in [1.29, 1.82) is 0 Å². The van der Waals surface area contributed by atoms with E-state index in [-0.39, 0.29) is 15.7 Å². The van der Waals surface area contributed by atoms with Gasteiger partial charge in [-0.1, -0.05) is 40.0 Å². The summed E-state index contributed by atoms with van der Waals surface area (Å²) in [5.41, 5.74) is 0.519. The van der Waals surface area contributed by atoms with E-state index in [9.17, 15) is 4.79 Å². The van der Waals surface area contributed by atoms with Crippen LogP contribution in [0.15, 0.2) is 12.1 Å². The normalized spacial score (nSPS) is 10.7. The average Bonchev–Trinajstić information content (AvgIpc) is 2.59. The van der Waals surface area contributed by atoms with Crippen molar-refractivity contribution in [3.8, 4) is 5.69 Å². The van der Waals surface area contributed by atoms with Gasteiger partial charge in [-0.2, -0.15) is 0 Å². The summed E-state index contributed by atoms with van der Waals surface area (Å²) in [6, 6.07) is 2.98. The van der Waals surface area contributed by atoms with Crippen LogP contribution in [0.1, 0.15) is 16.2 Å². The fourth-order valence-corrected chi connectivity index (χ4v) is 2.45. The van der Waals surface area contributed by atoms with Crippen molar-refractivity contribution in [2.45, 2.75) is 6.92 Å². The molecule has 8 heteroatoms. The molecule has 0 spiro atoms. The maximum absolute atomic E-state index is 10.9. The van der Waals surface area contributed by atoms with Crippen LogP contribution in [-0.2, 0) is 0 Å². The quantitative estimate of drug-likeness (QED) is 0.925. The number of halogens is 3. The first-order chi connectivity index (χ1) is 8.41. The maximum atomic E-state index is 10.9. The van der Waals surface area contributed by atoms with Gasteiger partial charge in [0.25, 0.3) is 0 Å². The van der Waals surface area contributed by atoms with Crippen molar-refractivity contribution in [1.82, 2.24) is 15.0 Å². The number of nitrogens with zero attached hydrogens (tertiary/aromatic N) is 3. The molecule has 0 aliphatic rings. The number of benzene rings is 1. The monoisotopic (exact) mass is 305 g/mol. The second kappa shape index (κ2) is 4.76. The molecule has 1 N–H and O–H groups in total. The minimum atomic E-state index is -1.17. The molecule has 0 unspecified atom stereocenters. The van der Waals surface area contributed by atoms with Crippen molar-refractivity contribution >= 4 is 40.8 Å². The van der Waals surface area contributed by atoms with E-state index in [1.807, 2.05) is 0 Å². The van der Waals surface area contributed by atoms with Crippen LogP contribution in [0.4, 0.5) is 0 Å². The van der Waals surface area contributed by atoms with Gasteiger partial charge in [0.2, 0.25) is 0 Å². The summed E-state index contributed by atoms with van der Waals surface area (Å²) in [5.74, 6) is -1.17. The number of hydrogen-bond acceptors (Lipinski definition) is 3. The molecule has 1 heterocycles. The Balaban J connectivity index is 2.67. The third-order valence-corrected chi connectivity index (χ3v) is 3.09. The molecule has 0 fully saturated rings. The Labute approximate surface area is 117 Å². The summed E-state index contributed by atoms with van der Waals surface area (Å²) in [7, 11) is 0. The highest BCUT2D eigenvalue weighted by Crippen LogP contribution is 2.32. The van der Waals surface area contributed by atoms with E-state index in [0.717, 1.165) is 0 Å². The van der Waals surface area contributed by atoms with Gasteiger partial charge in [0.05, 0.1) is 15.7 Å². The van der Waals surface area contributed by atoms with Crippen molar-refractivity contribution in [3.05, 3.63) is 38.6 Å². The van der Waals surface area contributed by atoms with Crippen LogP contribution in [-0.4, -0.2) is 26.1 Å². The Morgan fingerprint density at radius 3 is 2.28 bits per heavy atom. The Morgan fingerprint density at radius 1 is 1.28 bits per heavy atom. The van der Waals surface area contributed by atoms with Gasteiger partial charge in [0.15, 0.2) is 5.69 Å². The van der Waals surface area contributed by atoms with Crippen molar-refractivity contribution in [2.24, 2.45) is 0 Å². The molecule has 0 atom stereocenters. The fraction of sp³-hybridized carbons (Fsp3) is 0.100. The van der Waals surface area contributed by atoms with Gasteiger partial charge in [-0.05, 0) is 19.1 Å². The van der Waals surface area contributed by atoms with Gasteiger partial charge in [-0.3, -0.25) is 0 Å². The Kier molecular flexibility index (Phi) is 3.47. The molecule has 18 heavy (non-hydrogen) atoms. The van der Waals surface area contributed by atoms with Crippen LogP contribution in [0.25, 0.3) is 5.69 Å². The molecule has 0 bridgehead atoms. The van der Waals surface area contributed by atoms with Crippen LogP contribution in [0.2, 0.25) is 15.1 Å². The SMILES string of the molecule is Cc1c(C(=O)O)nnn1-c1c(Cl)cc(Cl)cc1Cl. The number of rotatable bonds is 2. The predicted octanol–water partition coefficient (Wildman–Crippen LogP) is 3.23. The first-order valence-electron chi connectivity index (χ1n) is 4.72. The molecule has 1 aromatic heterocycles. The first-order valence-corrected chi connectivity index (χ1v) is 5.85. The predicted molar refractivity (Wildman–Crippen MR) is 68.1 cm³/mol. The summed E-state index contributed by atoms with van der Waals surface area (Å²) in [4.78, 5) is 10.9. The van der Waals surface area contributed by atoms with Crippen LogP contribution >= 0.6 is 34.8 Å². The zero-order valence-electron chi connectivity index (χ0n) is 8.99. The minimum Gasteiger partial charge on any atom is -0.476 e. The summed E-state index contributed by atoms with van der Waals surface area (Å²) in [5, 5.41) is 17.1. The van der Waals surface area contributed by atoms with Gasteiger partial charge in [0.1, 0.15) is 5.69 Å². The third-order valence-electron chi connectivity index (χ3n) is 2.29. The zero-order valence-corrected chi connectivity index (χ0v) is 11.3. The fourth-order valence-electron chi connectivity index (χ4n) is 1.48. The highest BCUT2D eigenvalue weighted by atomic mass is 35.5. The highest BCUT2D eigenvalue weighted by Gasteiger charge is 2.19. The number of aromatic carboxylic acids is 1. The molecule has 2 aromatic rings. The molecule has 5 nitrogen and oxygen atoms in total. The second-order valence-electron chi connectivity index (χ2n) is 3.46. The highest BCUT2D eigenvalue weighted by molar-refractivity contribution is 6.40. The lowest BCUT2D eigenvalue weighted by Gasteiger charge is -2.08. The number of aromatic nitrogens is 3. The van der Waals surface area contributed by atoms with Crippen LogP contribution in [0.3, 0.4) is 0 Å². The molecular weight excluding hydrogens is 300 g/mol. The van der Waals surface area contributed by atoms with E-state index >= 15 is 0 Å². The molecule has 0 saturated heterocycles. The molecule has 0 saturated carbocycles. The lowest BCUT2D eigenvalue weighted by molar-refractivity contribution is 0.0689. The van der Waals surface area contributed by atoms with E-state index < -0.39 is 5.97 Å². The van der Waals surface area contributed by atoms with E-state index in [4.69, 9.17) is 39.9 Å². The van der Waals surface area contributed by atoms with Crippen LogP contribution in [0.5, 0.6) is 0 Å². The van der Waals surface area contributed by atoms with E-state index in [0.29, 0.717) is 16.4 Å². The number of hydrogen-bond donors (Lipinski definition) is 1. The van der Waals surface area contributed by atoms with Crippen molar-refractivity contribution in [2.75, 3.05) is 0 Å². The number of carboxylic acids is 1. The van der Waals surface area contributed by atoms with E-state index in [1.165, 1.54) is 16.8 Å². The number of carbonyl (C=O) groups is 1. The molecular formula is C10H6Cl3N3O2. The third kappa shape index (κ3) is 2.16. The minimum absolute atomic E-state index is 0.155. The molecule has 2 rings (SSSR count). The lowest BCUT2D eigenvalue weighted by Crippen LogP contribution is -2.03. The number of carboxylic acid groups (broad SMARTS) is 1. The van der Waals surface area contributed by atoms with E-state index in [2.05, 4.69) is 10.3 Å². The second-order valence-corrected chi connectivity index (χ2v) is 4.71. The molecule has 0 aliphatic carbocycles. The van der Waals surface area contributed by atoms with Gasteiger partial charge in [0, 0.05) is 5.02 Å². The lowest BCUT2D eigenvalue weighted by atomic mass is 10.3. The van der Waals surface area contributed by atoms with Gasteiger partial charge in [-0.15, -0.1) is 5.10 Å². The van der Waals surface area contributed by atoms with Gasteiger partial charge in [-0.25, -0.2) is 9.48 Å². The van der Waals surface area contributed by atoms with Crippen LogP contribution < -0.4 is 0 Å². The standard InChI is InChI=1S/C10H6Cl3N3O2/c1-4-8(10(17)18)14-15-16(4)9-6(12)2-5(11)3-7(9)13/h2-3H,1H3,(H,17,18). The van der Waals surface area contributed by atoms with Gasteiger partial charge >= 0.3 is 5.97 Å². The zero-order chi connectivity index (χ0) is 13.4. The molecule has 0 amide bonds. The summed E-state index contributed by atoms with van der Waals surface area (Å²) in [6.07, 6.45) is 0. The molecule has 94 valence electrons. The van der Waals surface area contributed by atoms with Crippen molar-refractivity contribution in [3.63, 3.8) is 0 Å². The Hall–Kier alpha value is -1.30. The topological polar surface area (TPSA) is 68.0 Å². The Bertz CT molecular complexity index is 616. The summed E-state index contributed by atoms with van der Waals surface area (Å²) < 4.78 is 1.27. The average molecular weight is 307 g/mol. The maximum Gasteiger partial charge on any atom is 0.358 e. The smallest absolute Gasteiger partial charge is 0.358 e. The molecule has 0 radical (unpaired) electrons. The summed E-state index contributed by atoms with van der Waals surface area (Å²) in [6.45, 7) is 1.56. The first kappa shape index (κ1) is 13.1. The van der Waals surface area contributed by atoms with Crippen molar-refractivity contribution < 1.29 is 9.90 Å². The molecule has 0 aliphatic heterocycles. The largest absolute Gasteiger partial charge is 0.476 e. The van der Waals surface area contributed by atoms with Crippen LogP contribution in [0, 0.1) is 6.92 Å².